The summed E-state index contributed by atoms with van der Waals surface area (Å²) in [5.41, 5.74) is 3.31. The summed E-state index contributed by atoms with van der Waals surface area (Å²) in [6, 6.07) is 5.91. The van der Waals surface area contributed by atoms with Crippen LogP contribution in [0.15, 0.2) is 18.2 Å². The van der Waals surface area contributed by atoms with Crippen molar-refractivity contribution in [2.75, 3.05) is 18.5 Å². The number of anilines is 2. The molecule has 2 aliphatic rings. The molecule has 128 valence electrons. The Labute approximate surface area is 145 Å². The molecule has 0 unspecified atom stereocenters. The Morgan fingerprint density at radius 1 is 1.04 bits per heavy atom. The van der Waals surface area contributed by atoms with Gasteiger partial charge in [0.2, 0.25) is 0 Å². The molecule has 1 aromatic carbocycles. The van der Waals surface area contributed by atoms with Gasteiger partial charge in [0.15, 0.2) is 11.5 Å². The van der Waals surface area contributed by atoms with E-state index in [1.165, 1.54) is 18.4 Å². The van der Waals surface area contributed by atoms with E-state index in [-0.39, 0.29) is 0 Å². The molecule has 7 nitrogen and oxygen atoms in total. The number of ether oxygens (including phenoxy) is 2. The number of benzene rings is 1. The summed E-state index contributed by atoms with van der Waals surface area (Å²) >= 11 is 0. The van der Waals surface area contributed by atoms with Gasteiger partial charge in [-0.3, -0.25) is 0 Å². The molecule has 0 amide bonds. The van der Waals surface area contributed by atoms with Gasteiger partial charge in [-0.2, -0.15) is 9.50 Å². The van der Waals surface area contributed by atoms with Gasteiger partial charge in [0, 0.05) is 17.3 Å². The van der Waals surface area contributed by atoms with Crippen molar-refractivity contribution in [3.05, 3.63) is 35.3 Å². The number of aromatic nitrogens is 4. The van der Waals surface area contributed by atoms with Crippen LogP contribution < -0.4 is 14.8 Å². The molecule has 3 aromatic rings. The Balaban J connectivity index is 1.62. The number of aryl methyl sites for hydroxylation is 2. The maximum absolute atomic E-state index is 5.69. The highest BCUT2D eigenvalue weighted by atomic mass is 16.6. The first-order valence-electron chi connectivity index (χ1n) is 8.70. The minimum Gasteiger partial charge on any atom is -0.486 e. The van der Waals surface area contributed by atoms with Crippen LogP contribution in [0.2, 0.25) is 0 Å². The maximum atomic E-state index is 5.69. The van der Waals surface area contributed by atoms with Crippen molar-refractivity contribution in [1.29, 1.82) is 0 Å². The molecule has 1 aliphatic carbocycles. The van der Waals surface area contributed by atoms with Crippen LogP contribution in [0, 0.1) is 6.92 Å². The van der Waals surface area contributed by atoms with Gasteiger partial charge in [0.05, 0.1) is 5.69 Å². The third-order valence-corrected chi connectivity index (χ3v) is 4.67. The molecule has 1 N–H and O–H groups in total. The zero-order chi connectivity index (χ0) is 16.8. The van der Waals surface area contributed by atoms with Crippen LogP contribution in [-0.4, -0.2) is 32.8 Å². The zero-order valence-electron chi connectivity index (χ0n) is 14.1. The van der Waals surface area contributed by atoms with Crippen LogP contribution in [-0.2, 0) is 12.8 Å². The third-order valence-electron chi connectivity index (χ3n) is 4.67. The van der Waals surface area contributed by atoms with E-state index in [0.717, 1.165) is 47.4 Å². The quantitative estimate of drug-likeness (QED) is 0.775. The Morgan fingerprint density at radius 3 is 2.80 bits per heavy atom. The van der Waals surface area contributed by atoms with Gasteiger partial charge < -0.3 is 14.8 Å². The van der Waals surface area contributed by atoms with Gasteiger partial charge in [-0.25, -0.2) is 4.98 Å². The van der Waals surface area contributed by atoms with E-state index in [4.69, 9.17) is 14.5 Å². The summed E-state index contributed by atoms with van der Waals surface area (Å²) in [6.07, 6.45) is 4.34. The Kier molecular flexibility index (Phi) is 3.26. The highest BCUT2D eigenvalue weighted by molar-refractivity contribution is 5.66. The molecule has 1 aliphatic heterocycles. The number of nitrogens with zero attached hydrogens (tertiary/aromatic N) is 4. The largest absolute Gasteiger partial charge is 0.486 e. The maximum Gasteiger partial charge on any atom is 0.254 e. The van der Waals surface area contributed by atoms with E-state index < -0.39 is 0 Å². The molecule has 0 atom stereocenters. The average Bonchev–Trinajstić information content (AvgIpc) is 3.01. The Bertz CT molecular complexity index is 966. The van der Waals surface area contributed by atoms with E-state index >= 15 is 0 Å². The molecule has 2 aromatic heterocycles. The van der Waals surface area contributed by atoms with E-state index in [2.05, 4.69) is 15.4 Å². The fourth-order valence-corrected chi connectivity index (χ4v) is 3.53. The molecule has 7 heteroatoms. The molecule has 25 heavy (non-hydrogen) atoms. The Hall–Kier alpha value is -2.83. The second-order valence-electron chi connectivity index (χ2n) is 6.45. The van der Waals surface area contributed by atoms with Crippen molar-refractivity contribution in [3.63, 3.8) is 0 Å². The standard InChI is InChI=1S/C18H19N5O2/c1-11-19-18-21-14-5-3-2-4-13(14)17(23(18)22-11)20-12-6-7-15-16(10-12)25-9-8-24-15/h6-7,10,20H,2-5,8-9H2,1H3. The lowest BCUT2D eigenvalue weighted by Gasteiger charge is -2.21. The SMILES string of the molecule is Cc1nc2nc3c(c(Nc4ccc5c(c4)OCCO5)n2n1)CCCC3. The molecule has 0 bridgehead atoms. The van der Waals surface area contributed by atoms with Crippen LogP contribution >= 0.6 is 0 Å². The average molecular weight is 337 g/mol. The third kappa shape index (κ3) is 2.47. The first-order valence-corrected chi connectivity index (χ1v) is 8.70. The second-order valence-corrected chi connectivity index (χ2v) is 6.45. The Morgan fingerprint density at radius 2 is 1.88 bits per heavy atom. The lowest BCUT2D eigenvalue weighted by molar-refractivity contribution is 0.171. The number of nitrogens with one attached hydrogen (secondary N) is 1. The number of hydrogen-bond acceptors (Lipinski definition) is 6. The number of rotatable bonds is 2. The highest BCUT2D eigenvalue weighted by Crippen LogP contribution is 2.35. The van der Waals surface area contributed by atoms with Gasteiger partial charge in [-0.1, -0.05) is 0 Å². The zero-order valence-corrected chi connectivity index (χ0v) is 14.1. The number of fused-ring (bicyclic) bond motifs is 3. The molecule has 5 rings (SSSR count). The minimum absolute atomic E-state index is 0.577. The highest BCUT2D eigenvalue weighted by Gasteiger charge is 2.21. The normalized spacial score (nSPS) is 15.9. The summed E-state index contributed by atoms with van der Waals surface area (Å²) in [6.45, 7) is 3.06. The molecular weight excluding hydrogens is 318 g/mol. The van der Waals surface area contributed by atoms with Crippen LogP contribution in [0.1, 0.15) is 29.9 Å². The van der Waals surface area contributed by atoms with Gasteiger partial charge in [0.25, 0.3) is 5.78 Å². The predicted octanol–water partition coefficient (Wildman–Crippen LogP) is 2.83. The van der Waals surface area contributed by atoms with Gasteiger partial charge in [0.1, 0.15) is 24.9 Å². The van der Waals surface area contributed by atoms with Crippen LogP contribution in [0.3, 0.4) is 0 Å². The fraction of sp³-hybridized carbons (Fsp3) is 0.389. The summed E-state index contributed by atoms with van der Waals surface area (Å²) in [5.74, 6) is 3.88. The molecule has 0 saturated heterocycles. The van der Waals surface area contributed by atoms with Crippen LogP contribution in [0.4, 0.5) is 11.5 Å². The summed E-state index contributed by atoms with van der Waals surface area (Å²) in [4.78, 5) is 9.16. The number of hydrogen-bond donors (Lipinski definition) is 1. The van der Waals surface area contributed by atoms with Crippen molar-refractivity contribution < 1.29 is 9.47 Å². The first kappa shape index (κ1) is 14.5. The van der Waals surface area contributed by atoms with E-state index in [1.54, 1.807) is 0 Å². The van der Waals surface area contributed by atoms with Gasteiger partial charge in [-0.15, -0.1) is 5.10 Å². The monoisotopic (exact) mass is 337 g/mol. The molecule has 0 spiro atoms. The van der Waals surface area contributed by atoms with Gasteiger partial charge >= 0.3 is 0 Å². The lowest BCUT2D eigenvalue weighted by Crippen LogP contribution is -2.16. The molecule has 0 fully saturated rings. The topological polar surface area (TPSA) is 73.6 Å². The van der Waals surface area contributed by atoms with Crippen LogP contribution in [0.5, 0.6) is 11.5 Å². The van der Waals surface area contributed by atoms with E-state index in [1.807, 2.05) is 29.6 Å². The van der Waals surface area contributed by atoms with E-state index in [9.17, 15) is 0 Å². The predicted molar refractivity (Wildman–Crippen MR) is 92.9 cm³/mol. The van der Waals surface area contributed by atoms with Crippen LogP contribution in [0.25, 0.3) is 5.78 Å². The summed E-state index contributed by atoms with van der Waals surface area (Å²) in [7, 11) is 0. The molecule has 3 heterocycles. The molecule has 0 radical (unpaired) electrons. The first-order chi connectivity index (χ1) is 12.3. The second kappa shape index (κ2) is 5.61. The van der Waals surface area contributed by atoms with Crippen molar-refractivity contribution in [1.82, 2.24) is 19.6 Å². The lowest BCUT2D eigenvalue weighted by atomic mass is 9.96. The van der Waals surface area contributed by atoms with E-state index in [0.29, 0.717) is 19.0 Å². The van der Waals surface area contributed by atoms with Crippen molar-refractivity contribution in [3.8, 4) is 11.5 Å². The minimum atomic E-state index is 0.577. The van der Waals surface area contributed by atoms with Crippen molar-refractivity contribution >= 4 is 17.3 Å². The molecule has 0 saturated carbocycles. The fourth-order valence-electron chi connectivity index (χ4n) is 3.53. The smallest absolute Gasteiger partial charge is 0.254 e. The van der Waals surface area contributed by atoms with Crippen molar-refractivity contribution in [2.45, 2.75) is 32.6 Å². The molecular formula is C18H19N5O2. The van der Waals surface area contributed by atoms with Gasteiger partial charge in [-0.05, 0) is 44.7 Å². The summed E-state index contributed by atoms with van der Waals surface area (Å²) < 4.78 is 13.1. The summed E-state index contributed by atoms with van der Waals surface area (Å²) in [5, 5.41) is 8.05. The van der Waals surface area contributed by atoms with Crippen molar-refractivity contribution in [2.24, 2.45) is 0 Å².